The number of nitrogens with one attached hydrogen (secondary N) is 1. The van der Waals surface area contributed by atoms with E-state index in [4.69, 9.17) is 11.6 Å². The SMILES string of the molecule is CCNC(c1cc(C)c(Br)s1)c1cc(C)c(F)cc1Cl. The summed E-state index contributed by atoms with van der Waals surface area (Å²) in [6.07, 6.45) is 0. The van der Waals surface area contributed by atoms with Crippen molar-refractivity contribution in [1.82, 2.24) is 5.32 Å². The third kappa shape index (κ3) is 3.25. The summed E-state index contributed by atoms with van der Waals surface area (Å²) in [5.41, 5.74) is 2.73. The Morgan fingerprint density at radius 1 is 1.30 bits per heavy atom. The summed E-state index contributed by atoms with van der Waals surface area (Å²) in [6, 6.07) is 5.35. The first-order valence-corrected chi connectivity index (χ1v) is 8.37. The van der Waals surface area contributed by atoms with E-state index in [1.165, 1.54) is 16.5 Å². The molecule has 0 radical (unpaired) electrons. The van der Waals surface area contributed by atoms with Crippen LogP contribution in [-0.2, 0) is 0 Å². The van der Waals surface area contributed by atoms with Crippen LogP contribution < -0.4 is 5.32 Å². The molecular weight excluding hydrogens is 361 g/mol. The van der Waals surface area contributed by atoms with E-state index in [1.807, 2.05) is 13.0 Å². The Bertz CT molecular complexity index is 607. The molecule has 0 fully saturated rings. The van der Waals surface area contributed by atoms with Gasteiger partial charge >= 0.3 is 0 Å². The second kappa shape index (κ2) is 6.56. The van der Waals surface area contributed by atoms with Crippen molar-refractivity contribution >= 4 is 38.9 Å². The molecule has 1 N–H and O–H groups in total. The third-order valence-corrected chi connectivity index (χ3v) is 5.69. The van der Waals surface area contributed by atoms with Crippen molar-refractivity contribution in [3.8, 4) is 0 Å². The maximum atomic E-state index is 13.6. The maximum absolute atomic E-state index is 13.6. The Balaban J connectivity index is 2.50. The second-order valence-electron chi connectivity index (χ2n) is 4.72. The number of thiophene rings is 1. The van der Waals surface area contributed by atoms with Gasteiger partial charge in [0.25, 0.3) is 0 Å². The summed E-state index contributed by atoms with van der Waals surface area (Å²) in [6.45, 7) is 6.68. The van der Waals surface area contributed by atoms with Gasteiger partial charge in [0.15, 0.2) is 0 Å². The summed E-state index contributed by atoms with van der Waals surface area (Å²) < 4.78 is 14.7. The van der Waals surface area contributed by atoms with E-state index in [0.29, 0.717) is 10.6 Å². The molecule has 1 nitrogen and oxygen atoms in total. The van der Waals surface area contributed by atoms with E-state index in [9.17, 15) is 4.39 Å². The molecule has 1 aromatic heterocycles. The van der Waals surface area contributed by atoms with Gasteiger partial charge < -0.3 is 5.32 Å². The predicted molar refractivity (Wildman–Crippen MR) is 88.4 cm³/mol. The molecule has 20 heavy (non-hydrogen) atoms. The van der Waals surface area contributed by atoms with Crippen LogP contribution in [0.5, 0.6) is 0 Å². The molecule has 108 valence electrons. The summed E-state index contributed by atoms with van der Waals surface area (Å²) in [7, 11) is 0. The van der Waals surface area contributed by atoms with Crippen LogP contribution in [0.4, 0.5) is 4.39 Å². The van der Waals surface area contributed by atoms with Gasteiger partial charge in [0, 0.05) is 9.90 Å². The molecule has 1 unspecified atom stereocenters. The number of benzene rings is 1. The van der Waals surface area contributed by atoms with E-state index in [2.05, 4.69) is 34.2 Å². The van der Waals surface area contributed by atoms with Crippen molar-refractivity contribution in [3.63, 3.8) is 0 Å². The van der Waals surface area contributed by atoms with Crippen molar-refractivity contribution in [2.24, 2.45) is 0 Å². The fourth-order valence-electron chi connectivity index (χ4n) is 2.09. The van der Waals surface area contributed by atoms with Gasteiger partial charge in [-0.2, -0.15) is 0 Å². The zero-order valence-electron chi connectivity index (χ0n) is 11.6. The fraction of sp³-hybridized carbons (Fsp3) is 0.333. The normalized spacial score (nSPS) is 12.7. The Kier molecular flexibility index (Phi) is 5.24. The van der Waals surface area contributed by atoms with Gasteiger partial charge in [-0.25, -0.2) is 4.39 Å². The molecule has 0 amide bonds. The van der Waals surface area contributed by atoms with E-state index < -0.39 is 0 Å². The van der Waals surface area contributed by atoms with Gasteiger partial charge in [-0.3, -0.25) is 0 Å². The highest BCUT2D eigenvalue weighted by molar-refractivity contribution is 9.11. The van der Waals surface area contributed by atoms with Crippen LogP contribution in [-0.4, -0.2) is 6.54 Å². The minimum Gasteiger partial charge on any atom is -0.306 e. The minimum absolute atomic E-state index is 0.0122. The predicted octanol–water partition coefficient (Wildman–Crippen LogP) is 5.62. The molecule has 1 heterocycles. The second-order valence-corrected chi connectivity index (χ2v) is 7.53. The van der Waals surface area contributed by atoms with Crippen LogP contribution in [0.25, 0.3) is 0 Å². The highest BCUT2D eigenvalue weighted by Crippen LogP contribution is 2.37. The molecule has 0 saturated carbocycles. The summed E-state index contributed by atoms with van der Waals surface area (Å²) in [4.78, 5) is 1.17. The molecule has 1 aromatic carbocycles. The van der Waals surface area contributed by atoms with Crippen molar-refractivity contribution in [2.45, 2.75) is 26.8 Å². The Hall–Kier alpha value is -0.420. The topological polar surface area (TPSA) is 12.0 Å². The lowest BCUT2D eigenvalue weighted by molar-refractivity contribution is 0.609. The summed E-state index contributed by atoms with van der Waals surface area (Å²) in [5, 5.41) is 3.89. The van der Waals surface area contributed by atoms with Crippen LogP contribution in [0, 0.1) is 19.7 Å². The van der Waals surface area contributed by atoms with Gasteiger partial charge in [-0.1, -0.05) is 18.5 Å². The fourth-order valence-corrected chi connectivity index (χ4v) is 4.02. The maximum Gasteiger partial charge on any atom is 0.127 e. The number of hydrogen-bond acceptors (Lipinski definition) is 2. The highest BCUT2D eigenvalue weighted by atomic mass is 79.9. The first-order chi connectivity index (χ1) is 9.43. The van der Waals surface area contributed by atoms with Crippen molar-refractivity contribution in [3.05, 3.63) is 54.4 Å². The molecule has 2 aromatic rings. The largest absolute Gasteiger partial charge is 0.306 e. The molecule has 0 aliphatic heterocycles. The van der Waals surface area contributed by atoms with Gasteiger partial charge in [-0.05, 0) is 71.2 Å². The summed E-state index contributed by atoms with van der Waals surface area (Å²) in [5.74, 6) is -0.266. The van der Waals surface area contributed by atoms with Crippen molar-refractivity contribution in [1.29, 1.82) is 0 Å². The van der Waals surface area contributed by atoms with E-state index >= 15 is 0 Å². The summed E-state index contributed by atoms with van der Waals surface area (Å²) >= 11 is 11.5. The Morgan fingerprint density at radius 2 is 2.00 bits per heavy atom. The number of halogens is 3. The Morgan fingerprint density at radius 3 is 2.55 bits per heavy atom. The zero-order valence-corrected chi connectivity index (χ0v) is 14.7. The quantitative estimate of drug-likeness (QED) is 0.730. The molecule has 0 saturated heterocycles. The van der Waals surface area contributed by atoms with E-state index in [0.717, 1.165) is 15.9 Å². The van der Waals surface area contributed by atoms with Crippen LogP contribution in [0.15, 0.2) is 22.0 Å². The zero-order chi connectivity index (χ0) is 14.9. The number of rotatable bonds is 4. The van der Waals surface area contributed by atoms with Crippen LogP contribution in [0.2, 0.25) is 5.02 Å². The number of aryl methyl sites for hydroxylation is 2. The monoisotopic (exact) mass is 375 g/mol. The molecule has 0 aliphatic rings. The highest BCUT2D eigenvalue weighted by Gasteiger charge is 2.20. The molecule has 0 spiro atoms. The van der Waals surface area contributed by atoms with Gasteiger partial charge in [0.05, 0.1) is 9.83 Å². The lowest BCUT2D eigenvalue weighted by atomic mass is 10.0. The Labute approximate surface area is 136 Å². The van der Waals surface area contributed by atoms with Crippen LogP contribution >= 0.6 is 38.9 Å². The van der Waals surface area contributed by atoms with Crippen molar-refractivity contribution < 1.29 is 4.39 Å². The average molecular weight is 377 g/mol. The number of hydrogen-bond donors (Lipinski definition) is 1. The molecule has 2 rings (SSSR count). The smallest absolute Gasteiger partial charge is 0.127 e. The minimum atomic E-state index is -0.266. The van der Waals surface area contributed by atoms with Crippen LogP contribution in [0.3, 0.4) is 0 Å². The van der Waals surface area contributed by atoms with Gasteiger partial charge in [0.1, 0.15) is 5.82 Å². The molecule has 5 heteroatoms. The molecule has 0 aliphatic carbocycles. The molecule has 0 bridgehead atoms. The lowest BCUT2D eigenvalue weighted by Crippen LogP contribution is -2.21. The standard InChI is InChI=1S/C15H16BrClFNS/c1-4-19-14(13-6-9(3)15(16)20-13)10-5-8(2)12(18)7-11(10)17/h5-7,14,19H,4H2,1-3H3. The molecular formula is C15H16BrClFNS. The van der Waals surface area contributed by atoms with Crippen molar-refractivity contribution in [2.75, 3.05) is 6.54 Å². The van der Waals surface area contributed by atoms with Gasteiger partial charge in [-0.15, -0.1) is 11.3 Å². The van der Waals surface area contributed by atoms with Crippen LogP contribution in [0.1, 0.15) is 34.5 Å². The van der Waals surface area contributed by atoms with E-state index in [-0.39, 0.29) is 11.9 Å². The van der Waals surface area contributed by atoms with E-state index in [1.54, 1.807) is 18.3 Å². The lowest BCUT2D eigenvalue weighted by Gasteiger charge is -2.19. The molecule has 1 atom stereocenters. The van der Waals surface area contributed by atoms with Gasteiger partial charge in [0.2, 0.25) is 0 Å². The third-order valence-electron chi connectivity index (χ3n) is 3.16. The average Bonchev–Trinajstić information content (AvgIpc) is 2.71. The first kappa shape index (κ1) is 16.0. The first-order valence-electron chi connectivity index (χ1n) is 6.38.